The van der Waals surface area contributed by atoms with Crippen LogP contribution in [0.4, 0.5) is 0 Å². The fraction of sp³-hybridized carbons (Fsp3) is 0.538. The van der Waals surface area contributed by atoms with E-state index in [-0.39, 0.29) is 6.61 Å². The summed E-state index contributed by atoms with van der Waals surface area (Å²) in [6.07, 6.45) is 1.85. The molecule has 0 amide bonds. The molecule has 90 valence electrons. The predicted octanol–water partition coefficient (Wildman–Crippen LogP) is 3.26. The summed E-state index contributed by atoms with van der Waals surface area (Å²) >= 11 is 3.56. The van der Waals surface area contributed by atoms with E-state index in [0.29, 0.717) is 12.1 Å². The van der Waals surface area contributed by atoms with Gasteiger partial charge in [0.15, 0.2) is 0 Å². The zero-order chi connectivity index (χ0) is 12.0. The normalized spacial score (nSPS) is 14.8. The van der Waals surface area contributed by atoms with Crippen molar-refractivity contribution in [2.24, 2.45) is 0 Å². The summed E-state index contributed by atoms with van der Waals surface area (Å²) in [5.41, 5.74) is 1.26. The molecular formula is C13H20BrNO. The molecule has 0 saturated carbocycles. The van der Waals surface area contributed by atoms with Crippen LogP contribution in [0.15, 0.2) is 28.7 Å². The quantitative estimate of drug-likeness (QED) is 0.841. The Balaban J connectivity index is 2.64. The Kier molecular flexibility index (Phi) is 6.03. The van der Waals surface area contributed by atoms with Crippen molar-refractivity contribution < 1.29 is 5.11 Å². The highest BCUT2D eigenvalue weighted by Gasteiger charge is 2.13. The van der Waals surface area contributed by atoms with Crippen LogP contribution >= 0.6 is 15.9 Å². The molecule has 0 aliphatic rings. The SMILES string of the molecule is CCC(CCO)NC(C)c1ccccc1Br. The summed E-state index contributed by atoms with van der Waals surface area (Å²) in [6.45, 7) is 4.54. The van der Waals surface area contributed by atoms with Gasteiger partial charge in [0.25, 0.3) is 0 Å². The molecule has 2 unspecified atom stereocenters. The lowest BCUT2D eigenvalue weighted by molar-refractivity contribution is 0.257. The van der Waals surface area contributed by atoms with E-state index in [1.807, 2.05) is 12.1 Å². The Hall–Kier alpha value is -0.380. The van der Waals surface area contributed by atoms with Crippen LogP contribution in [-0.2, 0) is 0 Å². The Morgan fingerprint density at radius 1 is 1.38 bits per heavy atom. The third kappa shape index (κ3) is 3.89. The lowest BCUT2D eigenvalue weighted by Gasteiger charge is -2.22. The molecule has 0 saturated heterocycles. The molecule has 0 aliphatic carbocycles. The Labute approximate surface area is 106 Å². The average Bonchev–Trinajstić information content (AvgIpc) is 2.28. The number of nitrogens with one attached hydrogen (secondary N) is 1. The molecule has 0 heterocycles. The highest BCUT2D eigenvalue weighted by molar-refractivity contribution is 9.10. The van der Waals surface area contributed by atoms with Gasteiger partial charge in [-0.3, -0.25) is 0 Å². The van der Waals surface area contributed by atoms with E-state index in [4.69, 9.17) is 5.11 Å². The van der Waals surface area contributed by atoms with Crippen molar-refractivity contribution in [2.45, 2.75) is 38.8 Å². The van der Waals surface area contributed by atoms with Gasteiger partial charge in [0, 0.05) is 23.2 Å². The van der Waals surface area contributed by atoms with Crippen LogP contribution in [0.5, 0.6) is 0 Å². The van der Waals surface area contributed by atoms with E-state index in [9.17, 15) is 0 Å². The zero-order valence-electron chi connectivity index (χ0n) is 9.91. The standard InChI is InChI=1S/C13H20BrNO/c1-3-11(8-9-16)15-10(2)12-6-4-5-7-13(12)14/h4-7,10-11,15-16H,3,8-9H2,1-2H3. The van der Waals surface area contributed by atoms with E-state index in [1.54, 1.807) is 0 Å². The molecular weight excluding hydrogens is 266 g/mol. The largest absolute Gasteiger partial charge is 0.396 e. The Morgan fingerprint density at radius 3 is 2.62 bits per heavy atom. The molecule has 1 aromatic rings. The number of aliphatic hydroxyl groups excluding tert-OH is 1. The van der Waals surface area contributed by atoms with Crippen molar-refractivity contribution in [1.29, 1.82) is 0 Å². The second kappa shape index (κ2) is 7.05. The van der Waals surface area contributed by atoms with Gasteiger partial charge in [-0.15, -0.1) is 0 Å². The van der Waals surface area contributed by atoms with E-state index in [1.165, 1.54) is 5.56 Å². The average molecular weight is 286 g/mol. The minimum atomic E-state index is 0.244. The summed E-state index contributed by atoms with van der Waals surface area (Å²) in [6, 6.07) is 8.92. The van der Waals surface area contributed by atoms with Crippen molar-refractivity contribution in [3.05, 3.63) is 34.3 Å². The first-order valence-electron chi connectivity index (χ1n) is 5.80. The van der Waals surface area contributed by atoms with Gasteiger partial charge in [-0.05, 0) is 31.4 Å². The maximum atomic E-state index is 8.96. The van der Waals surface area contributed by atoms with Gasteiger partial charge in [-0.25, -0.2) is 0 Å². The van der Waals surface area contributed by atoms with Crippen LogP contribution < -0.4 is 5.32 Å². The molecule has 2 N–H and O–H groups in total. The van der Waals surface area contributed by atoms with Crippen LogP contribution in [0.2, 0.25) is 0 Å². The number of benzene rings is 1. The maximum absolute atomic E-state index is 8.96. The monoisotopic (exact) mass is 285 g/mol. The van der Waals surface area contributed by atoms with Gasteiger partial charge >= 0.3 is 0 Å². The van der Waals surface area contributed by atoms with Crippen molar-refractivity contribution in [2.75, 3.05) is 6.61 Å². The first-order valence-corrected chi connectivity index (χ1v) is 6.59. The van der Waals surface area contributed by atoms with Gasteiger partial charge in [-0.2, -0.15) is 0 Å². The predicted molar refractivity (Wildman–Crippen MR) is 71.5 cm³/mol. The molecule has 1 rings (SSSR count). The van der Waals surface area contributed by atoms with Gasteiger partial charge in [0.1, 0.15) is 0 Å². The molecule has 0 radical (unpaired) electrons. The van der Waals surface area contributed by atoms with Crippen LogP contribution in [-0.4, -0.2) is 17.8 Å². The molecule has 0 spiro atoms. The zero-order valence-corrected chi connectivity index (χ0v) is 11.5. The van der Waals surface area contributed by atoms with Crippen molar-refractivity contribution in [1.82, 2.24) is 5.32 Å². The topological polar surface area (TPSA) is 32.3 Å². The molecule has 1 aromatic carbocycles. The molecule has 0 aliphatic heterocycles. The first kappa shape index (κ1) is 13.7. The molecule has 0 fully saturated rings. The number of aliphatic hydroxyl groups is 1. The van der Waals surface area contributed by atoms with Crippen LogP contribution in [0.3, 0.4) is 0 Å². The molecule has 0 aromatic heterocycles. The number of halogens is 1. The van der Waals surface area contributed by atoms with Crippen LogP contribution in [0.25, 0.3) is 0 Å². The summed E-state index contributed by atoms with van der Waals surface area (Å²) in [7, 11) is 0. The number of hydrogen-bond donors (Lipinski definition) is 2. The van der Waals surface area contributed by atoms with Crippen LogP contribution in [0, 0.1) is 0 Å². The molecule has 2 atom stereocenters. The molecule has 0 bridgehead atoms. The number of rotatable bonds is 6. The molecule has 3 heteroatoms. The second-order valence-corrected chi connectivity index (χ2v) is 4.88. The van der Waals surface area contributed by atoms with Crippen molar-refractivity contribution >= 4 is 15.9 Å². The van der Waals surface area contributed by atoms with Crippen LogP contribution in [0.1, 0.15) is 38.3 Å². The lowest BCUT2D eigenvalue weighted by atomic mass is 10.1. The van der Waals surface area contributed by atoms with E-state index >= 15 is 0 Å². The number of hydrogen-bond acceptors (Lipinski definition) is 2. The molecule has 2 nitrogen and oxygen atoms in total. The smallest absolute Gasteiger partial charge is 0.0445 e. The minimum absolute atomic E-state index is 0.244. The third-order valence-electron chi connectivity index (χ3n) is 2.83. The van der Waals surface area contributed by atoms with E-state index in [0.717, 1.165) is 17.3 Å². The maximum Gasteiger partial charge on any atom is 0.0445 e. The van der Waals surface area contributed by atoms with Crippen molar-refractivity contribution in [3.8, 4) is 0 Å². The fourth-order valence-electron chi connectivity index (χ4n) is 1.83. The minimum Gasteiger partial charge on any atom is -0.396 e. The van der Waals surface area contributed by atoms with Gasteiger partial charge in [0.05, 0.1) is 0 Å². The molecule has 16 heavy (non-hydrogen) atoms. The Bertz CT molecular complexity index is 317. The van der Waals surface area contributed by atoms with Gasteiger partial charge in [-0.1, -0.05) is 41.1 Å². The second-order valence-electron chi connectivity index (χ2n) is 4.03. The fourth-order valence-corrected chi connectivity index (χ4v) is 2.46. The summed E-state index contributed by atoms with van der Waals surface area (Å²) in [4.78, 5) is 0. The van der Waals surface area contributed by atoms with Gasteiger partial charge in [0.2, 0.25) is 0 Å². The third-order valence-corrected chi connectivity index (χ3v) is 3.55. The van der Waals surface area contributed by atoms with Crippen molar-refractivity contribution in [3.63, 3.8) is 0 Å². The Morgan fingerprint density at radius 2 is 2.06 bits per heavy atom. The summed E-state index contributed by atoms with van der Waals surface area (Å²) in [5, 5.41) is 12.5. The lowest BCUT2D eigenvalue weighted by Crippen LogP contribution is -2.31. The first-order chi connectivity index (χ1) is 7.69. The van der Waals surface area contributed by atoms with E-state index < -0.39 is 0 Å². The van der Waals surface area contributed by atoms with Gasteiger partial charge < -0.3 is 10.4 Å². The summed E-state index contributed by atoms with van der Waals surface area (Å²) in [5.74, 6) is 0. The highest BCUT2D eigenvalue weighted by Crippen LogP contribution is 2.23. The highest BCUT2D eigenvalue weighted by atomic mass is 79.9. The van der Waals surface area contributed by atoms with E-state index in [2.05, 4.69) is 47.2 Å². The summed E-state index contributed by atoms with van der Waals surface area (Å²) < 4.78 is 1.13.